The first-order chi connectivity index (χ1) is 5.38. The number of hydrogen-bond acceptors (Lipinski definition) is 0. The minimum absolute atomic E-state index is 0.413. The maximum atomic E-state index is 5.49. The largest absolute Gasteiger partial charge is 0.0655 e. The van der Waals surface area contributed by atoms with Gasteiger partial charge in [0, 0.05) is 7.74 Å². The van der Waals surface area contributed by atoms with Gasteiger partial charge in [-0.05, 0) is 0 Å². The smallest absolute Gasteiger partial charge is 0.0646 e. The molecular weight excluding hydrogens is 130 g/mol. The van der Waals surface area contributed by atoms with E-state index in [1.807, 2.05) is 18.2 Å². The summed E-state index contributed by atoms with van der Waals surface area (Å²) in [5.41, 5.74) is 1.30. The summed E-state index contributed by atoms with van der Waals surface area (Å²) >= 11 is 0. The van der Waals surface area contributed by atoms with Crippen LogP contribution in [0.25, 0.3) is 0 Å². The summed E-state index contributed by atoms with van der Waals surface area (Å²) < 4.78 is 0. The molecule has 1 atom stereocenters. The molecule has 3 radical (unpaired) electrons. The van der Waals surface area contributed by atoms with Gasteiger partial charge in [0.1, 0.15) is 0 Å². The van der Waals surface area contributed by atoms with Gasteiger partial charge in [-0.2, -0.15) is 0 Å². The Bertz CT molecular complexity index is 192. The van der Waals surface area contributed by atoms with Crippen LogP contribution in [0.15, 0.2) is 30.3 Å². The molecule has 1 aromatic carbocycles. The summed E-state index contributed by atoms with van der Waals surface area (Å²) in [5.74, 6) is 0.413. The van der Waals surface area contributed by atoms with Crippen molar-refractivity contribution in [2.24, 2.45) is 0 Å². The van der Waals surface area contributed by atoms with Crippen LogP contribution >= 0.6 is 0 Å². The molecule has 2 heteroatoms. The van der Waals surface area contributed by atoms with E-state index >= 15 is 0 Å². The van der Waals surface area contributed by atoms with Crippen molar-refractivity contribution in [3.63, 3.8) is 0 Å². The van der Waals surface area contributed by atoms with E-state index in [2.05, 4.69) is 19.1 Å². The second-order valence-corrected chi connectivity index (χ2v) is 2.62. The molecule has 0 aromatic heterocycles. The highest BCUT2D eigenvalue weighted by Crippen LogP contribution is 2.15. The highest BCUT2D eigenvalue weighted by Gasteiger charge is 2.04. The standard InChI is InChI=1S/C9H11B2/c1-2-9(11-10)8-6-4-3-5-7-8/h3-7,9H,2H2,1H3. The van der Waals surface area contributed by atoms with Crippen LogP contribution in [-0.4, -0.2) is 14.9 Å². The molecule has 0 aliphatic carbocycles. The maximum Gasteiger partial charge on any atom is 0.0646 e. The maximum absolute atomic E-state index is 5.49. The van der Waals surface area contributed by atoms with Crippen LogP contribution in [0.2, 0.25) is 0 Å². The van der Waals surface area contributed by atoms with Crippen molar-refractivity contribution >= 4 is 14.9 Å². The molecule has 0 N–H and O–H groups in total. The Morgan fingerprint density at radius 3 is 2.45 bits per heavy atom. The van der Waals surface area contributed by atoms with E-state index in [4.69, 9.17) is 7.74 Å². The molecule has 1 unspecified atom stereocenters. The van der Waals surface area contributed by atoms with Crippen molar-refractivity contribution in [1.29, 1.82) is 0 Å². The van der Waals surface area contributed by atoms with Crippen molar-refractivity contribution in [3.05, 3.63) is 35.9 Å². The van der Waals surface area contributed by atoms with Gasteiger partial charge in [-0.25, -0.2) is 0 Å². The quantitative estimate of drug-likeness (QED) is 0.564. The molecule has 1 rings (SSSR count). The molecule has 0 fully saturated rings. The van der Waals surface area contributed by atoms with Crippen molar-refractivity contribution in [2.75, 3.05) is 0 Å². The molecule has 0 nitrogen and oxygen atoms in total. The lowest BCUT2D eigenvalue weighted by atomic mass is 9.45. The fourth-order valence-electron chi connectivity index (χ4n) is 1.18. The first-order valence-electron chi connectivity index (χ1n) is 3.98. The number of benzene rings is 1. The molecule has 1 aromatic rings. The minimum Gasteiger partial charge on any atom is -0.0655 e. The first-order valence-corrected chi connectivity index (χ1v) is 3.98. The van der Waals surface area contributed by atoms with Gasteiger partial charge in [0.25, 0.3) is 0 Å². The topological polar surface area (TPSA) is 0 Å². The van der Waals surface area contributed by atoms with Crippen molar-refractivity contribution in [3.8, 4) is 0 Å². The van der Waals surface area contributed by atoms with Gasteiger partial charge in [-0.3, -0.25) is 0 Å². The van der Waals surface area contributed by atoms with Gasteiger partial charge >= 0.3 is 0 Å². The summed E-state index contributed by atoms with van der Waals surface area (Å²) in [6, 6.07) is 10.3. The Labute approximate surface area is 70.6 Å². The summed E-state index contributed by atoms with van der Waals surface area (Å²) in [7, 11) is 7.25. The third-order valence-electron chi connectivity index (χ3n) is 1.90. The van der Waals surface area contributed by atoms with E-state index in [9.17, 15) is 0 Å². The van der Waals surface area contributed by atoms with E-state index < -0.39 is 0 Å². The summed E-state index contributed by atoms with van der Waals surface area (Å²) in [5, 5.41) is 0. The first kappa shape index (κ1) is 8.45. The Balaban J connectivity index is 2.74. The third-order valence-corrected chi connectivity index (χ3v) is 1.90. The Morgan fingerprint density at radius 1 is 1.36 bits per heavy atom. The van der Waals surface area contributed by atoms with Crippen LogP contribution in [0, 0.1) is 0 Å². The summed E-state index contributed by atoms with van der Waals surface area (Å²) in [6.07, 6.45) is 1.07. The van der Waals surface area contributed by atoms with Crippen LogP contribution in [0.1, 0.15) is 24.7 Å². The van der Waals surface area contributed by atoms with Gasteiger partial charge in [-0.1, -0.05) is 55.1 Å². The van der Waals surface area contributed by atoms with Gasteiger partial charge in [-0.15, -0.1) is 0 Å². The molecule has 0 amide bonds. The normalized spacial score (nSPS) is 12.5. The van der Waals surface area contributed by atoms with Crippen molar-refractivity contribution < 1.29 is 0 Å². The molecule has 0 bridgehead atoms. The Morgan fingerprint density at radius 2 is 2.00 bits per heavy atom. The zero-order valence-electron chi connectivity index (χ0n) is 6.83. The van der Waals surface area contributed by atoms with Gasteiger partial charge in [0.2, 0.25) is 0 Å². The van der Waals surface area contributed by atoms with Gasteiger partial charge < -0.3 is 0 Å². The minimum atomic E-state index is 0.413. The van der Waals surface area contributed by atoms with Crippen molar-refractivity contribution in [2.45, 2.75) is 19.2 Å². The summed E-state index contributed by atoms with van der Waals surface area (Å²) in [4.78, 5) is 0. The molecule has 0 spiro atoms. The molecule has 11 heavy (non-hydrogen) atoms. The lowest BCUT2D eigenvalue weighted by molar-refractivity contribution is 0.879. The fraction of sp³-hybridized carbons (Fsp3) is 0.333. The molecule has 53 valence electrons. The van der Waals surface area contributed by atoms with Crippen LogP contribution in [0.4, 0.5) is 0 Å². The molecule has 0 aliphatic rings. The van der Waals surface area contributed by atoms with E-state index in [-0.39, 0.29) is 0 Å². The molecule has 0 saturated carbocycles. The second-order valence-electron chi connectivity index (χ2n) is 2.62. The molecule has 0 aliphatic heterocycles. The summed E-state index contributed by atoms with van der Waals surface area (Å²) in [6.45, 7) is 2.14. The number of hydrogen-bond donors (Lipinski definition) is 0. The van der Waals surface area contributed by atoms with Crippen LogP contribution < -0.4 is 0 Å². The zero-order valence-corrected chi connectivity index (χ0v) is 6.83. The van der Waals surface area contributed by atoms with E-state index in [1.165, 1.54) is 5.56 Å². The predicted molar refractivity (Wildman–Crippen MR) is 51.0 cm³/mol. The average Bonchev–Trinajstić information content (AvgIpc) is 2.09. The average molecular weight is 141 g/mol. The van der Waals surface area contributed by atoms with Gasteiger partial charge in [0.05, 0.1) is 7.17 Å². The van der Waals surface area contributed by atoms with Crippen LogP contribution in [0.5, 0.6) is 0 Å². The highest BCUT2D eigenvalue weighted by atomic mass is 14.0. The lowest BCUT2D eigenvalue weighted by Crippen LogP contribution is -2.06. The van der Waals surface area contributed by atoms with E-state index in [0.717, 1.165) is 6.42 Å². The zero-order chi connectivity index (χ0) is 8.10. The van der Waals surface area contributed by atoms with Gasteiger partial charge in [0.15, 0.2) is 0 Å². The SMILES string of the molecule is [B][B]C(CC)c1ccccc1. The van der Waals surface area contributed by atoms with Crippen LogP contribution in [0.3, 0.4) is 0 Å². The second kappa shape index (κ2) is 4.27. The Hall–Kier alpha value is -0.650. The predicted octanol–water partition coefficient (Wildman–Crippen LogP) is 1.93. The molecular formula is C9H11B2. The molecule has 0 heterocycles. The monoisotopic (exact) mass is 141 g/mol. The van der Waals surface area contributed by atoms with E-state index in [1.54, 1.807) is 7.17 Å². The third kappa shape index (κ3) is 2.14. The molecule has 0 saturated heterocycles. The highest BCUT2D eigenvalue weighted by molar-refractivity contribution is 6.90. The van der Waals surface area contributed by atoms with Crippen LogP contribution in [-0.2, 0) is 0 Å². The number of rotatable bonds is 3. The van der Waals surface area contributed by atoms with Crippen molar-refractivity contribution in [1.82, 2.24) is 0 Å². The van der Waals surface area contributed by atoms with E-state index in [0.29, 0.717) is 5.82 Å². The lowest BCUT2D eigenvalue weighted by Gasteiger charge is -2.11. The Kier molecular flexibility index (Phi) is 3.28. The fourth-order valence-corrected chi connectivity index (χ4v) is 1.18.